The Morgan fingerprint density at radius 3 is 2.05 bits per heavy atom. The summed E-state index contributed by atoms with van der Waals surface area (Å²) in [6.07, 6.45) is 18.2. The van der Waals surface area contributed by atoms with Crippen LogP contribution < -0.4 is 10.1 Å². The van der Waals surface area contributed by atoms with Crippen LogP contribution in [0, 0.1) is 0 Å². The van der Waals surface area contributed by atoms with Gasteiger partial charge < -0.3 is 15.0 Å². The van der Waals surface area contributed by atoms with Crippen LogP contribution in [0.15, 0.2) is 53.6 Å². The van der Waals surface area contributed by atoms with Crippen LogP contribution in [0.4, 0.5) is 5.69 Å². The Morgan fingerprint density at radius 2 is 1.49 bits per heavy atom. The number of anilines is 1. The summed E-state index contributed by atoms with van der Waals surface area (Å²) in [7, 11) is 0. The van der Waals surface area contributed by atoms with Gasteiger partial charge in [-0.25, -0.2) is 0 Å². The second-order valence-electron chi connectivity index (χ2n) is 12.6. The number of carbonyl (C=O) groups excluding carboxylic acids is 1. The Kier molecular flexibility index (Phi) is 14.2. The van der Waals surface area contributed by atoms with E-state index in [0.29, 0.717) is 5.56 Å². The van der Waals surface area contributed by atoms with Crippen LogP contribution in [0.25, 0.3) is 0 Å². The molecule has 5 heteroatoms. The van der Waals surface area contributed by atoms with Crippen molar-refractivity contribution < 1.29 is 9.53 Å². The molecule has 1 aliphatic heterocycles. The molecule has 2 aromatic rings. The molecule has 0 radical (unpaired) electrons. The summed E-state index contributed by atoms with van der Waals surface area (Å²) in [5, 5.41) is 3.07. The van der Waals surface area contributed by atoms with Gasteiger partial charge in [0.15, 0.2) is 0 Å². The van der Waals surface area contributed by atoms with Gasteiger partial charge in [-0.1, -0.05) is 110 Å². The summed E-state index contributed by atoms with van der Waals surface area (Å²) in [6.45, 7) is 12.6. The highest BCUT2D eigenvalue weighted by molar-refractivity contribution is 8.03. The number of allylic oxidation sites excluding steroid dienone is 1. The lowest BCUT2D eigenvalue weighted by Crippen LogP contribution is -2.17. The smallest absolute Gasteiger partial charge is 0.255 e. The van der Waals surface area contributed by atoms with Gasteiger partial charge >= 0.3 is 0 Å². The number of unbranched alkanes of at least 4 members (excludes halogenated alkanes) is 11. The Morgan fingerprint density at radius 1 is 0.878 bits per heavy atom. The zero-order chi connectivity index (χ0) is 29.5. The molecule has 0 unspecified atom stereocenters. The van der Waals surface area contributed by atoms with Crippen LogP contribution in [0.5, 0.6) is 5.75 Å². The molecule has 0 aromatic heterocycles. The van der Waals surface area contributed by atoms with E-state index in [2.05, 4.69) is 63.2 Å². The lowest BCUT2D eigenvalue weighted by Gasteiger charge is -2.24. The molecule has 1 heterocycles. The van der Waals surface area contributed by atoms with Crippen molar-refractivity contribution in [2.24, 2.45) is 0 Å². The van der Waals surface area contributed by atoms with Crippen LogP contribution in [0.1, 0.15) is 133 Å². The predicted octanol–water partition coefficient (Wildman–Crippen LogP) is 10.7. The van der Waals surface area contributed by atoms with Crippen LogP contribution in [0.3, 0.4) is 0 Å². The maximum Gasteiger partial charge on any atom is 0.255 e. The Labute approximate surface area is 254 Å². The van der Waals surface area contributed by atoms with Crippen molar-refractivity contribution in [3.63, 3.8) is 0 Å². The second kappa shape index (κ2) is 17.5. The third-order valence-electron chi connectivity index (χ3n) is 7.73. The van der Waals surface area contributed by atoms with E-state index in [4.69, 9.17) is 4.74 Å². The fourth-order valence-corrected chi connectivity index (χ4v) is 6.01. The van der Waals surface area contributed by atoms with E-state index in [1.165, 1.54) is 81.1 Å². The SMILES string of the molecule is CCCCCCCCCCCCCCOc1ccc(C(=O)Nc2ccc(CN3C=C(C)SC3)cc2)cc1C(C)(C)C. The van der Waals surface area contributed by atoms with Crippen molar-refractivity contribution in [1.82, 2.24) is 4.90 Å². The van der Waals surface area contributed by atoms with Crippen molar-refractivity contribution in [2.45, 2.75) is 124 Å². The quantitative estimate of drug-likeness (QED) is 0.179. The van der Waals surface area contributed by atoms with Crippen LogP contribution >= 0.6 is 11.8 Å². The summed E-state index contributed by atoms with van der Waals surface area (Å²) in [5.74, 6) is 1.80. The molecule has 0 saturated carbocycles. The molecule has 2 aromatic carbocycles. The number of amides is 1. The van der Waals surface area contributed by atoms with Crippen LogP contribution in [-0.4, -0.2) is 23.3 Å². The largest absolute Gasteiger partial charge is 0.493 e. The molecular weight excluding hydrogens is 524 g/mol. The molecule has 0 fully saturated rings. The first-order chi connectivity index (χ1) is 19.8. The van der Waals surface area contributed by atoms with Gasteiger partial charge in [-0.2, -0.15) is 0 Å². The van der Waals surface area contributed by atoms with Crippen molar-refractivity contribution in [2.75, 3.05) is 17.8 Å². The molecule has 0 aliphatic carbocycles. The summed E-state index contributed by atoms with van der Waals surface area (Å²) >= 11 is 1.87. The fourth-order valence-electron chi connectivity index (χ4n) is 5.25. The molecule has 1 N–H and O–H groups in total. The number of carbonyl (C=O) groups is 1. The van der Waals surface area contributed by atoms with Crippen molar-refractivity contribution in [1.29, 1.82) is 0 Å². The maximum absolute atomic E-state index is 13.1. The van der Waals surface area contributed by atoms with Gasteiger partial charge in [0.1, 0.15) is 5.75 Å². The molecule has 0 bridgehead atoms. The van der Waals surface area contributed by atoms with E-state index in [-0.39, 0.29) is 11.3 Å². The van der Waals surface area contributed by atoms with E-state index < -0.39 is 0 Å². The summed E-state index contributed by atoms with van der Waals surface area (Å²) in [6, 6.07) is 14.0. The van der Waals surface area contributed by atoms with Crippen molar-refractivity contribution in [3.05, 3.63) is 70.3 Å². The summed E-state index contributed by atoms with van der Waals surface area (Å²) in [4.78, 5) is 16.8. The average Bonchev–Trinajstić information content (AvgIpc) is 3.36. The third kappa shape index (κ3) is 12.2. The minimum Gasteiger partial charge on any atom is -0.493 e. The molecule has 1 amide bonds. The van der Waals surface area contributed by atoms with Crippen molar-refractivity contribution >= 4 is 23.4 Å². The number of ether oxygens (including phenoxy) is 1. The Hall–Kier alpha value is -2.40. The van der Waals surface area contributed by atoms with Crippen LogP contribution in [-0.2, 0) is 12.0 Å². The minimum absolute atomic E-state index is 0.0924. The second-order valence-corrected chi connectivity index (χ2v) is 13.8. The number of nitrogens with zero attached hydrogens (tertiary/aromatic N) is 1. The zero-order valence-electron chi connectivity index (χ0n) is 26.4. The number of thioether (sulfide) groups is 1. The van der Waals surface area contributed by atoms with E-state index in [9.17, 15) is 4.79 Å². The van der Waals surface area contributed by atoms with E-state index in [0.717, 1.165) is 42.4 Å². The topological polar surface area (TPSA) is 41.6 Å². The third-order valence-corrected chi connectivity index (χ3v) is 8.75. The predicted molar refractivity (Wildman–Crippen MR) is 178 cm³/mol. The molecule has 4 nitrogen and oxygen atoms in total. The first-order valence-electron chi connectivity index (χ1n) is 16.0. The van der Waals surface area contributed by atoms with Crippen molar-refractivity contribution in [3.8, 4) is 5.75 Å². The molecule has 3 rings (SSSR count). The lowest BCUT2D eigenvalue weighted by atomic mass is 9.85. The molecular formula is C36H54N2O2S. The Bertz CT molecular complexity index is 1090. The number of rotatable bonds is 18. The van der Waals surface area contributed by atoms with Gasteiger partial charge in [0.05, 0.1) is 12.5 Å². The summed E-state index contributed by atoms with van der Waals surface area (Å²) in [5.41, 5.74) is 3.66. The highest BCUT2D eigenvalue weighted by atomic mass is 32.2. The average molecular weight is 579 g/mol. The molecule has 0 atom stereocenters. The molecule has 41 heavy (non-hydrogen) atoms. The molecule has 1 aliphatic rings. The fraction of sp³-hybridized carbons (Fsp3) is 0.583. The van der Waals surface area contributed by atoms with E-state index >= 15 is 0 Å². The molecule has 0 saturated heterocycles. The van der Waals surface area contributed by atoms with Gasteiger partial charge in [-0.05, 0) is 59.6 Å². The van der Waals surface area contributed by atoms with Gasteiger partial charge in [0.2, 0.25) is 0 Å². The van der Waals surface area contributed by atoms with Gasteiger partial charge in [0.25, 0.3) is 5.91 Å². The number of hydrogen-bond donors (Lipinski definition) is 1. The highest BCUT2D eigenvalue weighted by Crippen LogP contribution is 2.33. The normalized spacial score (nSPS) is 13.4. The van der Waals surface area contributed by atoms with Gasteiger partial charge in [-0.15, -0.1) is 11.8 Å². The van der Waals surface area contributed by atoms with E-state index in [1.807, 2.05) is 42.1 Å². The number of nitrogens with one attached hydrogen (secondary N) is 1. The monoisotopic (exact) mass is 578 g/mol. The molecule has 226 valence electrons. The van der Waals surface area contributed by atoms with Gasteiger partial charge in [0, 0.05) is 29.6 Å². The van der Waals surface area contributed by atoms with E-state index in [1.54, 1.807) is 0 Å². The molecule has 0 spiro atoms. The highest BCUT2D eigenvalue weighted by Gasteiger charge is 2.21. The number of hydrogen-bond acceptors (Lipinski definition) is 4. The first kappa shape index (κ1) is 33.1. The maximum atomic E-state index is 13.1. The number of benzene rings is 2. The Balaban J connectivity index is 1.41. The lowest BCUT2D eigenvalue weighted by molar-refractivity contribution is 0.102. The zero-order valence-corrected chi connectivity index (χ0v) is 27.2. The first-order valence-corrected chi connectivity index (χ1v) is 17.0. The standard InChI is InChI=1S/C36H54N2O2S/c1-6-7-8-9-10-11-12-13-14-15-16-17-24-40-34-23-20-31(25-33(34)36(3,4)5)35(39)37-32-21-18-30(19-22-32)27-38-26-29(2)41-28-38/h18-23,25-26H,6-17,24,27-28H2,1-5H3,(H,37,39). The van der Waals surface area contributed by atoms with Gasteiger partial charge in [-0.3, -0.25) is 4.79 Å². The van der Waals surface area contributed by atoms with Crippen LogP contribution in [0.2, 0.25) is 0 Å². The summed E-state index contributed by atoms with van der Waals surface area (Å²) < 4.78 is 6.24. The minimum atomic E-state index is -0.121.